The highest BCUT2D eigenvalue weighted by atomic mass is 16.5. The van der Waals surface area contributed by atoms with Crippen LogP contribution in [0.4, 0.5) is 0 Å². The Morgan fingerprint density at radius 2 is 1.25 bits per heavy atom. The Kier molecular flexibility index (Phi) is 4.75. The Morgan fingerprint density at radius 3 is 1.62 bits per heavy atom. The molecule has 0 spiro atoms. The summed E-state index contributed by atoms with van der Waals surface area (Å²) in [6.07, 6.45) is 7.23. The lowest BCUT2D eigenvalue weighted by Crippen LogP contribution is -2.12. The summed E-state index contributed by atoms with van der Waals surface area (Å²) in [5.41, 5.74) is 7.61. The van der Waals surface area contributed by atoms with Gasteiger partial charge in [-0.2, -0.15) is 0 Å². The minimum absolute atomic E-state index is 0.816. The fraction of sp³-hybridized carbons (Fsp3) is 0.273. The van der Waals surface area contributed by atoms with E-state index in [-0.39, 0.29) is 0 Å². The standard InChI is InChI=1S/C22H24O2/c1-5-7-15-9-11-17-13-18-12-10-16(8-6-2)22(24-4)20(18)14-19(17)21(15)23-3/h5-6,9-12H,1-2,7-8,13-14H2,3-4H3. The molecule has 0 fully saturated rings. The molecular formula is C22H24O2. The van der Waals surface area contributed by atoms with E-state index in [1.54, 1.807) is 14.2 Å². The Labute approximate surface area is 144 Å². The lowest BCUT2D eigenvalue weighted by Gasteiger charge is -2.26. The minimum Gasteiger partial charge on any atom is -0.496 e. The van der Waals surface area contributed by atoms with Crippen LogP contribution in [0.2, 0.25) is 0 Å². The van der Waals surface area contributed by atoms with Crippen molar-refractivity contribution in [2.45, 2.75) is 25.7 Å². The molecular weight excluding hydrogens is 296 g/mol. The molecule has 0 amide bonds. The van der Waals surface area contributed by atoms with Crippen molar-refractivity contribution >= 4 is 0 Å². The van der Waals surface area contributed by atoms with Crippen molar-refractivity contribution in [2.75, 3.05) is 14.2 Å². The molecule has 2 aromatic carbocycles. The number of hydrogen-bond donors (Lipinski definition) is 0. The maximum Gasteiger partial charge on any atom is 0.126 e. The lowest BCUT2D eigenvalue weighted by atomic mass is 9.82. The minimum atomic E-state index is 0.816. The number of hydrogen-bond acceptors (Lipinski definition) is 2. The first-order chi connectivity index (χ1) is 11.7. The molecule has 0 bridgehead atoms. The number of methoxy groups -OCH3 is 2. The van der Waals surface area contributed by atoms with Gasteiger partial charge in [-0.15, -0.1) is 13.2 Å². The van der Waals surface area contributed by atoms with Gasteiger partial charge in [-0.05, 0) is 41.5 Å². The van der Waals surface area contributed by atoms with Gasteiger partial charge < -0.3 is 9.47 Å². The van der Waals surface area contributed by atoms with Crippen LogP contribution in [0, 0.1) is 0 Å². The third kappa shape index (κ3) is 2.73. The van der Waals surface area contributed by atoms with Crippen LogP contribution in [0.15, 0.2) is 49.6 Å². The number of rotatable bonds is 6. The largest absolute Gasteiger partial charge is 0.496 e. The van der Waals surface area contributed by atoms with Crippen LogP contribution >= 0.6 is 0 Å². The smallest absolute Gasteiger partial charge is 0.126 e. The number of benzene rings is 2. The zero-order valence-electron chi connectivity index (χ0n) is 14.5. The predicted molar refractivity (Wildman–Crippen MR) is 99.4 cm³/mol. The summed E-state index contributed by atoms with van der Waals surface area (Å²) < 4.78 is 11.5. The Hall–Kier alpha value is -2.48. The van der Waals surface area contributed by atoms with Crippen LogP contribution in [-0.4, -0.2) is 14.2 Å². The molecule has 0 aromatic heterocycles. The Morgan fingerprint density at radius 1 is 0.792 bits per heavy atom. The molecule has 2 heteroatoms. The van der Waals surface area contributed by atoms with Gasteiger partial charge in [0.2, 0.25) is 0 Å². The molecule has 0 N–H and O–H groups in total. The van der Waals surface area contributed by atoms with Crippen molar-refractivity contribution in [1.82, 2.24) is 0 Å². The van der Waals surface area contributed by atoms with Crippen molar-refractivity contribution in [3.8, 4) is 11.5 Å². The summed E-state index contributed by atoms with van der Waals surface area (Å²) in [6.45, 7) is 7.71. The third-order valence-corrected chi connectivity index (χ3v) is 4.75. The topological polar surface area (TPSA) is 18.5 Å². The van der Waals surface area contributed by atoms with Gasteiger partial charge in [0.15, 0.2) is 0 Å². The molecule has 0 aliphatic heterocycles. The van der Waals surface area contributed by atoms with E-state index in [4.69, 9.17) is 9.47 Å². The fourth-order valence-corrected chi connectivity index (χ4v) is 3.68. The van der Waals surface area contributed by atoms with Crippen molar-refractivity contribution in [3.05, 3.63) is 83.0 Å². The van der Waals surface area contributed by atoms with Gasteiger partial charge in [0, 0.05) is 17.5 Å². The quantitative estimate of drug-likeness (QED) is 0.615. The molecule has 0 radical (unpaired) electrons. The van der Waals surface area contributed by atoms with Gasteiger partial charge in [0.25, 0.3) is 0 Å². The normalized spacial score (nSPS) is 12.1. The average molecular weight is 320 g/mol. The van der Waals surface area contributed by atoms with Gasteiger partial charge in [-0.3, -0.25) is 0 Å². The zero-order valence-corrected chi connectivity index (χ0v) is 14.5. The first-order valence-electron chi connectivity index (χ1n) is 8.30. The summed E-state index contributed by atoms with van der Waals surface area (Å²) in [5, 5.41) is 0. The third-order valence-electron chi connectivity index (χ3n) is 4.75. The van der Waals surface area contributed by atoms with E-state index in [9.17, 15) is 0 Å². The fourth-order valence-electron chi connectivity index (χ4n) is 3.68. The maximum absolute atomic E-state index is 5.76. The molecule has 1 aliphatic rings. The van der Waals surface area contributed by atoms with Crippen LogP contribution in [0.3, 0.4) is 0 Å². The van der Waals surface area contributed by atoms with Crippen molar-refractivity contribution in [1.29, 1.82) is 0 Å². The molecule has 3 rings (SSSR count). The molecule has 0 atom stereocenters. The number of allylic oxidation sites excluding steroid dienone is 2. The molecule has 0 heterocycles. The van der Waals surface area contributed by atoms with Crippen LogP contribution in [0.1, 0.15) is 33.4 Å². The summed E-state index contributed by atoms with van der Waals surface area (Å²) in [5.74, 6) is 1.99. The van der Waals surface area contributed by atoms with Gasteiger partial charge in [-0.25, -0.2) is 0 Å². The molecule has 2 aromatic rings. The highest BCUT2D eigenvalue weighted by Gasteiger charge is 2.24. The molecule has 0 unspecified atom stereocenters. The first kappa shape index (κ1) is 16.4. The van der Waals surface area contributed by atoms with Crippen LogP contribution in [0.25, 0.3) is 0 Å². The SMILES string of the molecule is C=CCc1ccc2c(c1OC)Cc1c(ccc(CC=C)c1OC)C2. The predicted octanol–water partition coefficient (Wildman–Crippen LogP) is 4.66. The van der Waals surface area contributed by atoms with E-state index < -0.39 is 0 Å². The van der Waals surface area contributed by atoms with E-state index in [2.05, 4.69) is 37.4 Å². The van der Waals surface area contributed by atoms with E-state index in [0.717, 1.165) is 37.2 Å². The monoisotopic (exact) mass is 320 g/mol. The van der Waals surface area contributed by atoms with Crippen molar-refractivity contribution < 1.29 is 9.47 Å². The number of fused-ring (bicyclic) bond motifs is 2. The molecule has 2 nitrogen and oxygen atoms in total. The second kappa shape index (κ2) is 6.96. The highest BCUT2D eigenvalue weighted by Crippen LogP contribution is 2.40. The zero-order chi connectivity index (χ0) is 17.1. The molecule has 0 saturated heterocycles. The van der Waals surface area contributed by atoms with E-state index in [1.165, 1.54) is 33.4 Å². The Balaban J connectivity index is 2.12. The molecule has 1 aliphatic carbocycles. The summed E-state index contributed by atoms with van der Waals surface area (Å²) >= 11 is 0. The van der Waals surface area contributed by atoms with Gasteiger partial charge >= 0.3 is 0 Å². The van der Waals surface area contributed by atoms with Gasteiger partial charge in [0.1, 0.15) is 11.5 Å². The summed E-state index contributed by atoms with van der Waals surface area (Å²) in [4.78, 5) is 0. The average Bonchev–Trinajstić information content (AvgIpc) is 2.60. The van der Waals surface area contributed by atoms with Crippen LogP contribution < -0.4 is 9.47 Å². The van der Waals surface area contributed by atoms with Crippen molar-refractivity contribution in [2.24, 2.45) is 0 Å². The highest BCUT2D eigenvalue weighted by molar-refractivity contribution is 5.59. The van der Waals surface area contributed by atoms with Crippen LogP contribution in [-0.2, 0) is 25.7 Å². The molecule has 0 saturated carbocycles. The second-order valence-corrected chi connectivity index (χ2v) is 6.13. The number of ether oxygens (including phenoxy) is 2. The first-order valence-corrected chi connectivity index (χ1v) is 8.30. The lowest BCUT2D eigenvalue weighted by molar-refractivity contribution is 0.399. The van der Waals surface area contributed by atoms with Gasteiger partial charge in [-0.1, -0.05) is 36.4 Å². The van der Waals surface area contributed by atoms with Gasteiger partial charge in [0.05, 0.1) is 14.2 Å². The maximum atomic E-state index is 5.76. The van der Waals surface area contributed by atoms with Crippen LogP contribution in [0.5, 0.6) is 11.5 Å². The van der Waals surface area contributed by atoms with E-state index in [1.807, 2.05) is 12.2 Å². The van der Waals surface area contributed by atoms with E-state index >= 15 is 0 Å². The Bertz CT molecular complexity index is 722. The summed E-state index contributed by atoms with van der Waals surface area (Å²) in [7, 11) is 3.51. The van der Waals surface area contributed by atoms with Crippen molar-refractivity contribution in [3.63, 3.8) is 0 Å². The second-order valence-electron chi connectivity index (χ2n) is 6.13. The molecule has 24 heavy (non-hydrogen) atoms. The molecule has 124 valence electrons. The summed E-state index contributed by atoms with van der Waals surface area (Å²) in [6, 6.07) is 8.77. The van der Waals surface area contributed by atoms with E-state index in [0.29, 0.717) is 0 Å².